The summed E-state index contributed by atoms with van der Waals surface area (Å²) < 4.78 is 0. The van der Waals surface area contributed by atoms with Gasteiger partial charge in [0.1, 0.15) is 0 Å². The summed E-state index contributed by atoms with van der Waals surface area (Å²) in [6, 6.07) is 6.30. The Labute approximate surface area is 101 Å². The number of benzene rings is 1. The molecule has 0 aliphatic heterocycles. The lowest BCUT2D eigenvalue weighted by Crippen LogP contribution is -2.13. The first kappa shape index (κ1) is 14.7. The van der Waals surface area contributed by atoms with E-state index in [0.717, 1.165) is 5.56 Å². The Balaban J connectivity index is 0.00000106. The molecule has 1 aromatic rings. The first-order valence-corrected chi connectivity index (χ1v) is 5.89. The van der Waals surface area contributed by atoms with Crippen LogP contribution in [-0.2, 0) is 5.41 Å². The van der Waals surface area contributed by atoms with Crippen molar-refractivity contribution in [1.29, 1.82) is 0 Å². The molecule has 0 radical (unpaired) electrons. The standard InChI is InChI=1S/C14H18.C2H6/c1-6-11-9-8-10-13(12(11)7-2)14(3,4)5;1-2/h6-10H,1-2H2,3-5H3;1-2H3. The molecule has 0 fully saturated rings. The van der Waals surface area contributed by atoms with Crippen molar-refractivity contribution in [3.05, 3.63) is 48.0 Å². The summed E-state index contributed by atoms with van der Waals surface area (Å²) in [4.78, 5) is 0. The van der Waals surface area contributed by atoms with Gasteiger partial charge in [-0.25, -0.2) is 0 Å². The fourth-order valence-corrected chi connectivity index (χ4v) is 1.64. The molecule has 88 valence electrons. The summed E-state index contributed by atoms with van der Waals surface area (Å²) in [6.07, 6.45) is 3.80. The van der Waals surface area contributed by atoms with Gasteiger partial charge in [0.05, 0.1) is 0 Å². The third kappa shape index (κ3) is 3.37. The van der Waals surface area contributed by atoms with E-state index in [1.807, 2.05) is 26.0 Å². The highest BCUT2D eigenvalue weighted by atomic mass is 14.2. The van der Waals surface area contributed by atoms with Crippen LogP contribution in [0.2, 0.25) is 0 Å². The van der Waals surface area contributed by atoms with Crippen molar-refractivity contribution in [3.63, 3.8) is 0 Å². The second-order valence-electron chi connectivity index (χ2n) is 4.47. The summed E-state index contributed by atoms with van der Waals surface area (Å²) in [7, 11) is 0. The van der Waals surface area contributed by atoms with E-state index >= 15 is 0 Å². The monoisotopic (exact) mass is 216 g/mol. The van der Waals surface area contributed by atoms with Crippen LogP contribution < -0.4 is 0 Å². The zero-order valence-electron chi connectivity index (χ0n) is 11.3. The average molecular weight is 216 g/mol. The fraction of sp³-hybridized carbons (Fsp3) is 0.375. The van der Waals surface area contributed by atoms with Crippen LogP contribution in [0.15, 0.2) is 31.4 Å². The third-order valence-corrected chi connectivity index (χ3v) is 2.37. The van der Waals surface area contributed by atoms with Gasteiger partial charge in [0.15, 0.2) is 0 Å². The second kappa shape index (κ2) is 6.32. The first-order chi connectivity index (χ1) is 7.50. The van der Waals surface area contributed by atoms with Gasteiger partial charge in [0.2, 0.25) is 0 Å². The zero-order chi connectivity index (χ0) is 12.8. The molecule has 0 aliphatic carbocycles. The molecule has 0 unspecified atom stereocenters. The smallest absolute Gasteiger partial charge is 0.0126 e. The number of hydrogen-bond donors (Lipinski definition) is 0. The topological polar surface area (TPSA) is 0 Å². The highest BCUT2D eigenvalue weighted by Crippen LogP contribution is 2.29. The Morgan fingerprint density at radius 1 is 1.00 bits per heavy atom. The molecule has 1 aromatic carbocycles. The van der Waals surface area contributed by atoms with E-state index in [1.54, 1.807) is 0 Å². The van der Waals surface area contributed by atoms with E-state index in [1.165, 1.54) is 11.1 Å². The predicted octanol–water partition coefficient (Wildman–Crippen LogP) is 5.30. The van der Waals surface area contributed by atoms with E-state index in [-0.39, 0.29) is 5.41 Å². The van der Waals surface area contributed by atoms with Crippen LogP contribution in [0.3, 0.4) is 0 Å². The second-order valence-corrected chi connectivity index (χ2v) is 4.47. The van der Waals surface area contributed by atoms with Crippen molar-refractivity contribution in [1.82, 2.24) is 0 Å². The maximum absolute atomic E-state index is 3.87. The van der Waals surface area contributed by atoms with Crippen molar-refractivity contribution < 1.29 is 0 Å². The largest absolute Gasteiger partial charge is 0.0984 e. The molecule has 16 heavy (non-hydrogen) atoms. The maximum Gasteiger partial charge on any atom is -0.0126 e. The van der Waals surface area contributed by atoms with Crippen LogP contribution in [0.5, 0.6) is 0 Å². The molecule has 0 spiro atoms. The Hall–Kier alpha value is -1.30. The van der Waals surface area contributed by atoms with Crippen LogP contribution in [0.4, 0.5) is 0 Å². The molecule has 0 nitrogen and oxygen atoms in total. The van der Waals surface area contributed by atoms with Crippen molar-refractivity contribution in [3.8, 4) is 0 Å². The lowest BCUT2D eigenvalue weighted by molar-refractivity contribution is 0.589. The summed E-state index contributed by atoms with van der Waals surface area (Å²) >= 11 is 0. The minimum atomic E-state index is 0.155. The summed E-state index contributed by atoms with van der Waals surface area (Å²) in [5.41, 5.74) is 3.84. The summed E-state index contributed by atoms with van der Waals surface area (Å²) in [6.45, 7) is 18.3. The molecule has 0 N–H and O–H groups in total. The summed E-state index contributed by atoms with van der Waals surface area (Å²) in [5.74, 6) is 0. The summed E-state index contributed by atoms with van der Waals surface area (Å²) in [5, 5.41) is 0. The fourth-order valence-electron chi connectivity index (χ4n) is 1.64. The highest BCUT2D eigenvalue weighted by molar-refractivity contribution is 5.67. The molecule has 0 heteroatoms. The maximum atomic E-state index is 3.87. The Morgan fingerprint density at radius 3 is 1.94 bits per heavy atom. The number of rotatable bonds is 2. The molecule has 0 aromatic heterocycles. The SMILES string of the molecule is C=Cc1cccc(C(C)(C)C)c1C=C.CC. The van der Waals surface area contributed by atoms with Gasteiger partial charge < -0.3 is 0 Å². The van der Waals surface area contributed by atoms with Crippen molar-refractivity contribution in [2.75, 3.05) is 0 Å². The van der Waals surface area contributed by atoms with Gasteiger partial charge in [-0.1, -0.05) is 78.1 Å². The minimum absolute atomic E-state index is 0.155. The molecule has 1 rings (SSSR count). The van der Waals surface area contributed by atoms with Gasteiger partial charge in [-0.15, -0.1) is 0 Å². The van der Waals surface area contributed by atoms with Crippen molar-refractivity contribution in [2.45, 2.75) is 40.0 Å². The van der Waals surface area contributed by atoms with Gasteiger partial charge in [-0.05, 0) is 22.1 Å². The normalized spacial score (nSPS) is 10.1. The van der Waals surface area contributed by atoms with Crippen molar-refractivity contribution >= 4 is 12.2 Å². The average Bonchev–Trinajstić information content (AvgIpc) is 2.29. The predicted molar refractivity (Wildman–Crippen MR) is 76.7 cm³/mol. The molecule has 0 saturated heterocycles. The third-order valence-electron chi connectivity index (χ3n) is 2.37. The van der Waals surface area contributed by atoms with Gasteiger partial charge in [0.25, 0.3) is 0 Å². The first-order valence-electron chi connectivity index (χ1n) is 5.89. The lowest BCUT2D eigenvalue weighted by atomic mass is 9.82. The van der Waals surface area contributed by atoms with Gasteiger partial charge >= 0.3 is 0 Å². The van der Waals surface area contributed by atoms with E-state index < -0.39 is 0 Å². The zero-order valence-corrected chi connectivity index (χ0v) is 11.3. The van der Waals surface area contributed by atoms with Gasteiger partial charge in [-0.2, -0.15) is 0 Å². The minimum Gasteiger partial charge on any atom is -0.0984 e. The van der Waals surface area contributed by atoms with E-state index in [2.05, 4.69) is 52.1 Å². The molecular weight excluding hydrogens is 192 g/mol. The molecule has 0 heterocycles. The molecule has 0 saturated carbocycles. The molecule has 0 amide bonds. The van der Waals surface area contributed by atoms with Crippen LogP contribution in [0, 0.1) is 0 Å². The molecular formula is C16H24. The van der Waals surface area contributed by atoms with Crippen LogP contribution >= 0.6 is 0 Å². The van der Waals surface area contributed by atoms with Crippen LogP contribution in [-0.4, -0.2) is 0 Å². The molecule has 0 bridgehead atoms. The van der Waals surface area contributed by atoms with E-state index in [0.29, 0.717) is 0 Å². The Bertz CT molecular complexity index is 351. The Morgan fingerprint density at radius 2 is 1.56 bits per heavy atom. The Kier molecular flexibility index (Phi) is 5.81. The van der Waals surface area contributed by atoms with Gasteiger partial charge in [0, 0.05) is 0 Å². The highest BCUT2D eigenvalue weighted by Gasteiger charge is 2.17. The van der Waals surface area contributed by atoms with E-state index in [4.69, 9.17) is 0 Å². The quantitative estimate of drug-likeness (QED) is 0.629. The molecule has 0 aliphatic rings. The number of hydrogen-bond acceptors (Lipinski definition) is 0. The van der Waals surface area contributed by atoms with Gasteiger partial charge in [-0.3, -0.25) is 0 Å². The lowest BCUT2D eigenvalue weighted by Gasteiger charge is -2.22. The van der Waals surface area contributed by atoms with E-state index in [9.17, 15) is 0 Å². The molecule has 0 atom stereocenters. The van der Waals surface area contributed by atoms with Crippen LogP contribution in [0.25, 0.3) is 12.2 Å². The van der Waals surface area contributed by atoms with Crippen molar-refractivity contribution in [2.24, 2.45) is 0 Å². The van der Waals surface area contributed by atoms with Crippen LogP contribution in [0.1, 0.15) is 51.3 Å².